The Morgan fingerprint density at radius 3 is 2.50 bits per heavy atom. The van der Waals surface area contributed by atoms with Crippen molar-refractivity contribution in [2.24, 2.45) is 0 Å². The first-order valence-corrected chi connectivity index (χ1v) is 8.35. The quantitative estimate of drug-likeness (QED) is 0.840. The average molecular weight is 360 g/mol. The highest BCUT2D eigenvalue weighted by Gasteiger charge is 2.33. The maximum Gasteiger partial charge on any atom is 0.573 e. The molecule has 2 aromatic rings. The monoisotopic (exact) mass is 360 g/mol. The Hall–Kier alpha value is -1.64. The molecule has 2 heterocycles. The van der Waals surface area contributed by atoms with Crippen LogP contribution >= 0.6 is 11.3 Å². The van der Waals surface area contributed by atoms with Crippen LogP contribution in [-0.2, 0) is 0 Å². The van der Waals surface area contributed by atoms with Gasteiger partial charge in [-0.2, -0.15) is 0 Å². The molecule has 0 amide bonds. The van der Waals surface area contributed by atoms with Crippen molar-refractivity contribution in [2.45, 2.75) is 12.4 Å². The topological polar surface area (TPSA) is 24.5 Å². The molecule has 0 saturated carbocycles. The van der Waals surface area contributed by atoms with Crippen LogP contribution in [0.3, 0.4) is 0 Å². The summed E-state index contributed by atoms with van der Waals surface area (Å²) in [4.78, 5) is 3.22. The van der Waals surface area contributed by atoms with Crippen LogP contribution in [0.15, 0.2) is 35.7 Å². The highest BCUT2D eigenvalue weighted by molar-refractivity contribution is 7.10. The molecule has 0 radical (unpaired) electrons. The third-order valence-corrected chi connectivity index (χ3v) is 4.75. The second-order valence-corrected chi connectivity index (χ2v) is 6.42. The van der Waals surface area contributed by atoms with Crippen molar-refractivity contribution in [2.75, 3.05) is 26.2 Å². The molecule has 0 aliphatic carbocycles. The molecule has 1 saturated heterocycles. The molecule has 1 aromatic heterocycles. The maximum absolute atomic E-state index is 14.1. The number of hydrogen-bond acceptors (Lipinski definition) is 4. The van der Waals surface area contributed by atoms with Gasteiger partial charge in [-0.1, -0.05) is 12.1 Å². The fourth-order valence-electron chi connectivity index (χ4n) is 2.84. The Kier molecular flexibility index (Phi) is 5.07. The second kappa shape index (κ2) is 7.08. The van der Waals surface area contributed by atoms with Gasteiger partial charge in [-0.25, -0.2) is 4.39 Å². The molecule has 1 N–H and O–H groups in total. The Labute approximate surface area is 140 Å². The van der Waals surface area contributed by atoms with Crippen LogP contribution in [0.25, 0.3) is 0 Å². The van der Waals surface area contributed by atoms with Crippen molar-refractivity contribution in [3.05, 3.63) is 52.0 Å². The van der Waals surface area contributed by atoms with Gasteiger partial charge in [-0.15, -0.1) is 24.5 Å². The molecule has 3 rings (SSSR count). The van der Waals surface area contributed by atoms with Crippen molar-refractivity contribution in [3.63, 3.8) is 0 Å². The van der Waals surface area contributed by atoms with Crippen molar-refractivity contribution in [1.82, 2.24) is 10.2 Å². The molecule has 1 fully saturated rings. The summed E-state index contributed by atoms with van der Waals surface area (Å²) in [6.07, 6.45) is -4.91. The number of nitrogens with zero attached hydrogens (tertiary/aromatic N) is 1. The van der Waals surface area contributed by atoms with Gasteiger partial charge in [0.05, 0.1) is 6.04 Å². The van der Waals surface area contributed by atoms with E-state index in [9.17, 15) is 17.6 Å². The second-order valence-electron chi connectivity index (χ2n) is 5.44. The van der Waals surface area contributed by atoms with Gasteiger partial charge in [0.2, 0.25) is 0 Å². The van der Waals surface area contributed by atoms with Crippen LogP contribution in [0.4, 0.5) is 17.6 Å². The summed E-state index contributed by atoms with van der Waals surface area (Å²) in [5, 5.41) is 5.19. The fourth-order valence-corrected chi connectivity index (χ4v) is 3.72. The number of nitrogens with one attached hydrogen (secondary N) is 1. The number of alkyl halides is 3. The van der Waals surface area contributed by atoms with Gasteiger partial charge in [-0.3, -0.25) is 4.90 Å². The third kappa shape index (κ3) is 4.06. The summed E-state index contributed by atoms with van der Waals surface area (Å²) in [5.41, 5.74) is 0.617. The largest absolute Gasteiger partial charge is 0.573 e. The van der Waals surface area contributed by atoms with Crippen LogP contribution < -0.4 is 10.1 Å². The minimum Gasteiger partial charge on any atom is -0.403 e. The van der Waals surface area contributed by atoms with E-state index in [2.05, 4.69) is 15.0 Å². The molecule has 1 atom stereocenters. The fraction of sp³-hybridized carbons (Fsp3) is 0.375. The van der Waals surface area contributed by atoms with E-state index < -0.39 is 17.9 Å². The first-order valence-electron chi connectivity index (χ1n) is 7.47. The van der Waals surface area contributed by atoms with Crippen LogP contribution in [0.2, 0.25) is 0 Å². The minimum absolute atomic E-state index is 0.179. The number of rotatable bonds is 4. The van der Waals surface area contributed by atoms with Gasteiger partial charge < -0.3 is 10.1 Å². The van der Waals surface area contributed by atoms with Crippen LogP contribution in [0, 0.1) is 5.82 Å². The molecule has 8 heteroatoms. The lowest BCUT2D eigenvalue weighted by atomic mass is 10.0. The minimum atomic E-state index is -4.91. The molecule has 24 heavy (non-hydrogen) atoms. The van der Waals surface area contributed by atoms with Crippen molar-refractivity contribution < 1.29 is 22.3 Å². The van der Waals surface area contributed by atoms with E-state index in [-0.39, 0.29) is 6.04 Å². The van der Waals surface area contributed by atoms with Crippen molar-refractivity contribution in [1.29, 1.82) is 0 Å². The van der Waals surface area contributed by atoms with Gasteiger partial charge in [-0.05, 0) is 29.1 Å². The van der Waals surface area contributed by atoms with E-state index in [0.29, 0.717) is 5.56 Å². The smallest absolute Gasteiger partial charge is 0.403 e. The number of hydrogen-bond donors (Lipinski definition) is 1. The standard InChI is InChI=1S/C16H16F4N2OS/c17-12-10-11(3-4-13(12)23-16(18,19)20)15(14-2-1-9-24-14)22-7-5-21-6-8-22/h1-4,9-10,15,21H,5-8H2/t15-/m0/s1. The highest BCUT2D eigenvalue weighted by atomic mass is 32.1. The molecule has 1 aliphatic rings. The van der Waals surface area contributed by atoms with E-state index in [0.717, 1.165) is 43.2 Å². The number of benzene rings is 1. The molecule has 0 bridgehead atoms. The average Bonchev–Trinajstić information content (AvgIpc) is 3.04. The summed E-state index contributed by atoms with van der Waals surface area (Å²) in [6.45, 7) is 3.20. The van der Waals surface area contributed by atoms with E-state index in [1.54, 1.807) is 11.3 Å². The maximum atomic E-state index is 14.1. The summed E-state index contributed by atoms with van der Waals surface area (Å²) in [6, 6.07) is 7.36. The predicted molar refractivity (Wildman–Crippen MR) is 83.7 cm³/mol. The molecule has 130 valence electrons. The van der Waals surface area contributed by atoms with Gasteiger partial charge in [0.15, 0.2) is 11.6 Å². The van der Waals surface area contributed by atoms with Gasteiger partial charge in [0.25, 0.3) is 0 Å². The highest BCUT2D eigenvalue weighted by Crippen LogP contribution is 2.35. The van der Waals surface area contributed by atoms with E-state index >= 15 is 0 Å². The summed E-state index contributed by atoms with van der Waals surface area (Å²) in [7, 11) is 0. The zero-order chi connectivity index (χ0) is 17.2. The summed E-state index contributed by atoms with van der Waals surface area (Å²) in [5.74, 6) is -1.82. The molecule has 1 aromatic carbocycles. The van der Waals surface area contributed by atoms with Gasteiger partial charge >= 0.3 is 6.36 Å². The Morgan fingerprint density at radius 1 is 1.17 bits per heavy atom. The van der Waals surface area contributed by atoms with Crippen LogP contribution in [-0.4, -0.2) is 37.4 Å². The van der Waals surface area contributed by atoms with E-state index in [1.807, 2.05) is 17.5 Å². The zero-order valence-electron chi connectivity index (χ0n) is 12.6. The zero-order valence-corrected chi connectivity index (χ0v) is 13.5. The number of halogens is 4. The first-order chi connectivity index (χ1) is 11.4. The molecule has 0 spiro atoms. The summed E-state index contributed by atoms with van der Waals surface area (Å²) < 4.78 is 54.7. The SMILES string of the molecule is Fc1cc([C@@H](c2cccs2)N2CCNCC2)ccc1OC(F)(F)F. The predicted octanol–water partition coefficient (Wildman–Crippen LogP) is 3.78. The Balaban J connectivity index is 1.91. The number of ether oxygens (including phenoxy) is 1. The number of piperazine rings is 1. The van der Waals surface area contributed by atoms with Crippen LogP contribution in [0.1, 0.15) is 16.5 Å². The Morgan fingerprint density at radius 2 is 1.92 bits per heavy atom. The lowest BCUT2D eigenvalue weighted by Gasteiger charge is -2.34. The van der Waals surface area contributed by atoms with E-state index in [4.69, 9.17) is 0 Å². The Bertz CT molecular complexity index is 669. The summed E-state index contributed by atoms with van der Waals surface area (Å²) >= 11 is 1.54. The molecule has 3 nitrogen and oxygen atoms in total. The van der Waals surface area contributed by atoms with Gasteiger partial charge in [0, 0.05) is 31.1 Å². The lowest BCUT2D eigenvalue weighted by Crippen LogP contribution is -2.45. The molecule has 0 unspecified atom stereocenters. The van der Waals surface area contributed by atoms with Crippen molar-refractivity contribution >= 4 is 11.3 Å². The van der Waals surface area contributed by atoms with Gasteiger partial charge in [0.1, 0.15) is 0 Å². The molecular weight excluding hydrogens is 344 g/mol. The van der Waals surface area contributed by atoms with E-state index in [1.165, 1.54) is 6.07 Å². The van der Waals surface area contributed by atoms with Crippen LogP contribution in [0.5, 0.6) is 5.75 Å². The first kappa shape index (κ1) is 17.2. The lowest BCUT2D eigenvalue weighted by molar-refractivity contribution is -0.275. The number of thiophene rings is 1. The van der Waals surface area contributed by atoms with Crippen molar-refractivity contribution in [3.8, 4) is 5.75 Å². The molecule has 1 aliphatic heterocycles. The third-order valence-electron chi connectivity index (χ3n) is 3.83. The molecular formula is C16H16F4N2OS. The normalized spacial score (nSPS) is 17.7.